The van der Waals surface area contributed by atoms with Crippen LogP contribution in [0.25, 0.3) is 0 Å². The fourth-order valence-corrected chi connectivity index (χ4v) is 3.93. The lowest BCUT2D eigenvalue weighted by atomic mass is 10.3. The van der Waals surface area contributed by atoms with Crippen molar-refractivity contribution in [1.82, 2.24) is 0 Å². The normalized spacial score (nSPS) is 12.9. The van der Waals surface area contributed by atoms with Crippen molar-refractivity contribution in [2.45, 2.75) is 9.79 Å². The van der Waals surface area contributed by atoms with Gasteiger partial charge in [-0.1, -0.05) is 23.2 Å². The Labute approximate surface area is 139 Å². The second-order valence-electron chi connectivity index (χ2n) is 4.27. The number of hydrogen-bond donors (Lipinski definition) is 1. The first-order chi connectivity index (χ1) is 10.2. The predicted octanol–water partition coefficient (Wildman–Crippen LogP) is 3.67. The van der Waals surface area contributed by atoms with E-state index in [2.05, 4.69) is 4.72 Å². The maximum Gasteiger partial charge on any atom is 0.264 e. The molecule has 1 unspecified atom stereocenters. The maximum absolute atomic E-state index is 13.8. The average molecular weight is 382 g/mol. The van der Waals surface area contributed by atoms with Gasteiger partial charge in [0.15, 0.2) is 0 Å². The van der Waals surface area contributed by atoms with Crippen LogP contribution in [0.3, 0.4) is 0 Å². The summed E-state index contributed by atoms with van der Waals surface area (Å²) in [6, 6.07) is 7.44. The minimum atomic E-state index is -4.21. The molecule has 0 saturated heterocycles. The smallest absolute Gasteiger partial charge is 0.264 e. The van der Waals surface area contributed by atoms with Crippen molar-refractivity contribution < 1.29 is 17.0 Å². The molecule has 9 heteroatoms. The van der Waals surface area contributed by atoms with E-state index in [1.54, 1.807) is 0 Å². The Hall–Kier alpha value is -1.15. The van der Waals surface area contributed by atoms with E-state index in [-0.39, 0.29) is 20.6 Å². The van der Waals surface area contributed by atoms with Gasteiger partial charge in [0, 0.05) is 16.3 Å². The van der Waals surface area contributed by atoms with E-state index in [9.17, 15) is 17.0 Å². The number of hydrogen-bond acceptors (Lipinski definition) is 3. The SMILES string of the molecule is CS(=O)c1ccc(Cl)cc1NS(=O)(=O)c1ccc(Cl)cc1F. The van der Waals surface area contributed by atoms with Crippen molar-refractivity contribution >= 4 is 49.7 Å². The molecule has 0 spiro atoms. The zero-order chi connectivity index (χ0) is 16.5. The van der Waals surface area contributed by atoms with E-state index in [1.165, 1.54) is 30.5 Å². The summed E-state index contributed by atoms with van der Waals surface area (Å²) in [6.07, 6.45) is 1.39. The maximum atomic E-state index is 13.8. The van der Waals surface area contributed by atoms with Gasteiger partial charge in [-0.3, -0.25) is 8.93 Å². The summed E-state index contributed by atoms with van der Waals surface area (Å²) < 4.78 is 52.2. The van der Waals surface area contributed by atoms with E-state index >= 15 is 0 Å². The first kappa shape index (κ1) is 17.2. The third-order valence-corrected chi connectivity index (χ3v) is 5.52. The van der Waals surface area contributed by atoms with Gasteiger partial charge in [0.2, 0.25) is 0 Å². The van der Waals surface area contributed by atoms with Crippen molar-refractivity contribution in [3.63, 3.8) is 0 Å². The van der Waals surface area contributed by atoms with Crippen LogP contribution in [0.2, 0.25) is 10.0 Å². The van der Waals surface area contributed by atoms with Crippen LogP contribution in [0.1, 0.15) is 0 Å². The Kier molecular flexibility index (Phi) is 5.11. The fourth-order valence-electron chi connectivity index (χ4n) is 1.73. The molecular formula is C13H10Cl2FNO3S2. The molecule has 0 saturated carbocycles. The molecule has 0 radical (unpaired) electrons. The zero-order valence-electron chi connectivity index (χ0n) is 11.1. The molecule has 0 heterocycles. The van der Waals surface area contributed by atoms with Gasteiger partial charge >= 0.3 is 0 Å². The molecule has 0 fully saturated rings. The molecule has 0 aliphatic rings. The number of rotatable bonds is 4. The van der Waals surface area contributed by atoms with Gasteiger partial charge in [0.25, 0.3) is 10.0 Å². The van der Waals surface area contributed by atoms with Gasteiger partial charge in [-0.2, -0.15) is 0 Å². The minimum Gasteiger partial charge on any atom is -0.278 e. The lowest BCUT2D eigenvalue weighted by Gasteiger charge is -2.12. The van der Waals surface area contributed by atoms with Crippen LogP contribution in [0.4, 0.5) is 10.1 Å². The number of anilines is 1. The van der Waals surface area contributed by atoms with Crippen LogP contribution in [0, 0.1) is 5.82 Å². The largest absolute Gasteiger partial charge is 0.278 e. The highest BCUT2D eigenvalue weighted by molar-refractivity contribution is 7.92. The average Bonchev–Trinajstić information content (AvgIpc) is 2.37. The molecule has 2 aromatic rings. The molecule has 0 aromatic heterocycles. The minimum absolute atomic E-state index is 0.0303. The van der Waals surface area contributed by atoms with Gasteiger partial charge in [-0.25, -0.2) is 12.8 Å². The number of sulfonamides is 1. The first-order valence-corrected chi connectivity index (χ1v) is 9.61. The summed E-state index contributed by atoms with van der Waals surface area (Å²) in [5.41, 5.74) is 0.0303. The molecule has 4 nitrogen and oxygen atoms in total. The van der Waals surface area contributed by atoms with E-state index in [4.69, 9.17) is 23.2 Å². The first-order valence-electron chi connectivity index (χ1n) is 5.81. The van der Waals surface area contributed by atoms with E-state index in [0.717, 1.165) is 12.1 Å². The van der Waals surface area contributed by atoms with Crippen LogP contribution in [-0.2, 0) is 20.8 Å². The van der Waals surface area contributed by atoms with Gasteiger partial charge in [0.05, 0.1) is 21.4 Å². The molecule has 0 aliphatic carbocycles. The van der Waals surface area contributed by atoms with E-state index in [0.29, 0.717) is 0 Å². The number of halogens is 3. The Balaban J connectivity index is 2.49. The lowest BCUT2D eigenvalue weighted by molar-refractivity contribution is 0.570. The monoisotopic (exact) mass is 381 g/mol. The molecule has 2 aromatic carbocycles. The third kappa shape index (κ3) is 3.78. The predicted molar refractivity (Wildman–Crippen MR) is 86.0 cm³/mol. The molecule has 1 N–H and O–H groups in total. The van der Waals surface area contributed by atoms with Crippen molar-refractivity contribution in [3.8, 4) is 0 Å². The second-order valence-corrected chi connectivity index (χ2v) is 8.15. The molecule has 22 heavy (non-hydrogen) atoms. The summed E-state index contributed by atoms with van der Waals surface area (Å²) in [7, 11) is -5.66. The van der Waals surface area contributed by atoms with Gasteiger partial charge < -0.3 is 0 Å². The molecule has 0 amide bonds. The van der Waals surface area contributed by atoms with E-state index in [1.807, 2.05) is 0 Å². The highest BCUT2D eigenvalue weighted by Crippen LogP contribution is 2.27. The molecule has 0 bridgehead atoms. The quantitative estimate of drug-likeness (QED) is 0.878. The fraction of sp³-hybridized carbons (Fsp3) is 0.0769. The number of benzene rings is 2. The highest BCUT2D eigenvalue weighted by Gasteiger charge is 2.21. The Morgan fingerprint density at radius 2 is 1.68 bits per heavy atom. The second kappa shape index (κ2) is 6.54. The summed E-state index contributed by atoms with van der Waals surface area (Å²) >= 11 is 11.4. The van der Waals surface area contributed by atoms with Crippen molar-refractivity contribution in [2.75, 3.05) is 11.0 Å². The molecule has 2 rings (SSSR count). The van der Waals surface area contributed by atoms with Gasteiger partial charge in [-0.05, 0) is 36.4 Å². The van der Waals surface area contributed by atoms with Crippen LogP contribution in [0.15, 0.2) is 46.2 Å². The van der Waals surface area contributed by atoms with Crippen molar-refractivity contribution in [3.05, 3.63) is 52.3 Å². The summed E-state index contributed by atoms with van der Waals surface area (Å²) in [6.45, 7) is 0. The Morgan fingerprint density at radius 3 is 2.27 bits per heavy atom. The molecule has 1 atom stereocenters. The molecular weight excluding hydrogens is 372 g/mol. The standard InChI is InChI=1S/C13H10Cl2FNO3S2/c1-21(18)12-4-2-9(15)7-11(12)17-22(19,20)13-5-3-8(14)6-10(13)16/h2-7,17H,1H3. The topological polar surface area (TPSA) is 63.2 Å². The third-order valence-electron chi connectivity index (χ3n) is 2.68. The van der Waals surface area contributed by atoms with Gasteiger partial charge in [0.1, 0.15) is 10.7 Å². The van der Waals surface area contributed by atoms with Crippen molar-refractivity contribution in [1.29, 1.82) is 0 Å². The van der Waals surface area contributed by atoms with Crippen molar-refractivity contribution in [2.24, 2.45) is 0 Å². The van der Waals surface area contributed by atoms with Crippen LogP contribution in [0.5, 0.6) is 0 Å². The van der Waals surface area contributed by atoms with Gasteiger partial charge in [-0.15, -0.1) is 0 Å². The lowest BCUT2D eigenvalue weighted by Crippen LogP contribution is -2.16. The highest BCUT2D eigenvalue weighted by atomic mass is 35.5. The summed E-state index contributed by atoms with van der Waals surface area (Å²) in [5.74, 6) is -0.985. The zero-order valence-corrected chi connectivity index (χ0v) is 14.3. The van der Waals surface area contributed by atoms with E-state index < -0.39 is 31.5 Å². The summed E-state index contributed by atoms with van der Waals surface area (Å²) in [4.78, 5) is -0.327. The molecule has 0 aliphatic heterocycles. The Bertz CT molecular complexity index is 856. The number of nitrogens with one attached hydrogen (secondary N) is 1. The molecule has 118 valence electrons. The summed E-state index contributed by atoms with van der Waals surface area (Å²) in [5, 5.41) is 0.332. The van der Waals surface area contributed by atoms with Crippen LogP contribution in [-0.4, -0.2) is 18.9 Å². The van der Waals surface area contributed by atoms with Crippen LogP contribution >= 0.6 is 23.2 Å². The Morgan fingerprint density at radius 1 is 1.09 bits per heavy atom. The van der Waals surface area contributed by atoms with Crippen LogP contribution < -0.4 is 4.72 Å².